The monoisotopic (exact) mass is 278 g/mol. The molecule has 1 amide bonds. The molecule has 0 bridgehead atoms. The number of hydrogen-bond donors (Lipinski definition) is 2. The van der Waals surface area contributed by atoms with E-state index >= 15 is 0 Å². The topological polar surface area (TPSA) is 86.3 Å². The molecule has 0 saturated carbocycles. The van der Waals surface area contributed by atoms with Gasteiger partial charge in [-0.15, -0.1) is 0 Å². The molecule has 1 aliphatic rings. The number of nitrogens with one attached hydrogen (secondary N) is 1. The summed E-state index contributed by atoms with van der Waals surface area (Å²) in [4.78, 5) is 11.4. The van der Waals surface area contributed by atoms with Crippen molar-refractivity contribution in [2.24, 2.45) is 0 Å². The summed E-state index contributed by atoms with van der Waals surface area (Å²) in [5, 5.41) is 12.8. The van der Waals surface area contributed by atoms with E-state index in [1.165, 1.54) is 28.3 Å². The van der Waals surface area contributed by atoms with E-state index in [0.29, 0.717) is 0 Å². The van der Waals surface area contributed by atoms with Gasteiger partial charge in [0, 0.05) is 35.6 Å². The first-order valence-electron chi connectivity index (χ1n) is 6.65. The van der Waals surface area contributed by atoms with Crippen LogP contribution in [0.1, 0.15) is 14.7 Å². The minimum Gasteiger partial charge on any atom is -0.388 e. The van der Waals surface area contributed by atoms with Gasteiger partial charge in [0.05, 0.1) is 0 Å². The van der Waals surface area contributed by atoms with Gasteiger partial charge < -0.3 is 29.4 Å². The van der Waals surface area contributed by atoms with Crippen molar-refractivity contribution in [1.29, 1.82) is 0 Å². The molecule has 1 saturated heterocycles. The van der Waals surface area contributed by atoms with Crippen molar-refractivity contribution in [2.75, 3.05) is 27.9 Å². The molecule has 1 aliphatic heterocycles. The summed E-state index contributed by atoms with van der Waals surface area (Å²) in [6.07, 6.45) is -4.45. The van der Waals surface area contributed by atoms with E-state index in [1.807, 2.05) is 0 Å². The molecular formula is C12H23NO6. The van der Waals surface area contributed by atoms with E-state index in [1.54, 1.807) is 0 Å². The Morgan fingerprint density at radius 2 is 1.95 bits per heavy atom. The van der Waals surface area contributed by atoms with Crippen LogP contribution in [0.2, 0.25) is 0 Å². The molecule has 19 heavy (non-hydrogen) atoms. The summed E-state index contributed by atoms with van der Waals surface area (Å²) in [6.45, 7) is 1.53. The lowest BCUT2D eigenvalue weighted by Gasteiger charge is -2.42. The summed E-state index contributed by atoms with van der Waals surface area (Å²) in [6, 6.07) is 0. The normalized spacial score (nSPS) is 37.5. The van der Waals surface area contributed by atoms with Gasteiger partial charge in [-0.25, -0.2) is 0 Å². The molecule has 112 valence electrons. The lowest BCUT2D eigenvalue weighted by molar-refractivity contribution is -0.297. The van der Waals surface area contributed by atoms with E-state index in [4.69, 9.17) is 20.3 Å². The first kappa shape index (κ1) is 14.7. The van der Waals surface area contributed by atoms with E-state index < -0.39 is 43.0 Å². The average molecular weight is 278 g/mol. The summed E-state index contributed by atoms with van der Waals surface area (Å²) >= 11 is 0. The molecule has 2 unspecified atom stereocenters. The fraction of sp³-hybridized carbons (Fsp3) is 0.917. The predicted molar refractivity (Wildman–Crippen MR) is 66.6 cm³/mol. The van der Waals surface area contributed by atoms with E-state index in [2.05, 4.69) is 5.32 Å². The van der Waals surface area contributed by atoms with E-state index in [0.717, 1.165) is 0 Å². The van der Waals surface area contributed by atoms with Gasteiger partial charge in [-0.3, -0.25) is 4.79 Å². The second kappa shape index (κ2) is 7.76. The minimum absolute atomic E-state index is 0.0688. The highest BCUT2D eigenvalue weighted by Crippen LogP contribution is 2.25. The standard InChI is InChI=1S/C12H23NO6/c1-5-8(14)13-6-7-9(15)10(16-2)11(17-3)12(18-4)19-7/h7,9-12,15H,5-6H2,1-4H3,(H,13,14)/t7-,9-,10+,11-,12?/m1/s1/i5D/t5?,7-,9-,10+,11-,12?. The minimum atomic E-state index is -0.974. The highest BCUT2D eigenvalue weighted by atomic mass is 16.7. The first-order valence-corrected chi connectivity index (χ1v) is 6.08. The van der Waals surface area contributed by atoms with Crippen LogP contribution in [-0.2, 0) is 23.7 Å². The highest BCUT2D eigenvalue weighted by Gasteiger charge is 2.46. The lowest BCUT2D eigenvalue weighted by atomic mass is 9.98. The van der Waals surface area contributed by atoms with Crippen molar-refractivity contribution in [2.45, 2.75) is 44.0 Å². The first-order chi connectivity index (χ1) is 9.46. The molecule has 2 N–H and O–H groups in total. The van der Waals surface area contributed by atoms with E-state index in [9.17, 15) is 9.90 Å². The van der Waals surface area contributed by atoms with Crippen LogP contribution < -0.4 is 5.32 Å². The number of ether oxygens (including phenoxy) is 4. The predicted octanol–water partition coefficient (Wildman–Crippen LogP) is -0.725. The molecule has 7 heteroatoms. The molecule has 0 aromatic carbocycles. The lowest BCUT2D eigenvalue weighted by Crippen LogP contribution is -2.61. The van der Waals surface area contributed by atoms with Crippen LogP contribution in [0.25, 0.3) is 0 Å². The van der Waals surface area contributed by atoms with Crippen LogP contribution in [-0.4, -0.2) is 69.6 Å². The van der Waals surface area contributed by atoms with Gasteiger partial charge >= 0.3 is 0 Å². The van der Waals surface area contributed by atoms with Crippen LogP contribution in [0.5, 0.6) is 0 Å². The zero-order chi connectivity index (χ0) is 15.3. The number of aliphatic hydroxyl groups excluding tert-OH is 1. The molecule has 0 spiro atoms. The second-order valence-corrected chi connectivity index (χ2v) is 4.20. The van der Waals surface area contributed by atoms with Crippen LogP contribution in [0.15, 0.2) is 0 Å². The average Bonchev–Trinajstić information content (AvgIpc) is 2.44. The molecule has 1 heterocycles. The Bertz CT molecular complexity index is 316. The molecule has 0 aromatic rings. The van der Waals surface area contributed by atoms with Gasteiger partial charge in [0.15, 0.2) is 6.29 Å². The Hall–Kier alpha value is -0.730. The van der Waals surface area contributed by atoms with Gasteiger partial charge in [0.1, 0.15) is 24.4 Å². The van der Waals surface area contributed by atoms with Gasteiger partial charge in [0.2, 0.25) is 5.91 Å². The van der Waals surface area contributed by atoms with E-state index in [-0.39, 0.29) is 6.54 Å². The summed E-state index contributed by atoms with van der Waals surface area (Å²) in [5.74, 6) is -0.433. The third-order valence-electron chi connectivity index (χ3n) is 3.13. The van der Waals surface area contributed by atoms with Gasteiger partial charge in [0.25, 0.3) is 0 Å². The Kier molecular flexibility index (Phi) is 5.99. The van der Waals surface area contributed by atoms with Gasteiger partial charge in [-0.1, -0.05) is 6.92 Å². The van der Waals surface area contributed by atoms with Crippen molar-refractivity contribution >= 4 is 5.91 Å². The van der Waals surface area contributed by atoms with Crippen LogP contribution in [0.3, 0.4) is 0 Å². The maximum Gasteiger partial charge on any atom is 0.219 e. The number of hydrogen-bond acceptors (Lipinski definition) is 6. The zero-order valence-electron chi connectivity index (χ0n) is 12.7. The van der Waals surface area contributed by atoms with Crippen molar-refractivity contribution < 1.29 is 30.2 Å². The molecule has 6 atom stereocenters. The second-order valence-electron chi connectivity index (χ2n) is 4.20. The molecule has 7 nitrogen and oxygen atoms in total. The Balaban J connectivity index is 2.70. The SMILES string of the molecule is [2H]C(C)C(=O)NC[C@H]1OC(OC)[C@H](OC)[C@@H](OC)[C@@H]1O. The van der Waals surface area contributed by atoms with Gasteiger partial charge in [-0.2, -0.15) is 0 Å². The number of amides is 1. The molecule has 1 rings (SSSR count). The smallest absolute Gasteiger partial charge is 0.219 e. The third kappa shape index (κ3) is 3.87. The Labute approximate surface area is 114 Å². The Morgan fingerprint density at radius 1 is 1.32 bits per heavy atom. The number of aliphatic hydroxyl groups is 1. The quantitative estimate of drug-likeness (QED) is 0.666. The van der Waals surface area contributed by atoms with Crippen LogP contribution in [0, 0.1) is 0 Å². The third-order valence-corrected chi connectivity index (χ3v) is 3.13. The summed E-state index contributed by atoms with van der Waals surface area (Å²) in [7, 11) is 4.39. The number of carbonyl (C=O) groups is 1. The zero-order valence-corrected chi connectivity index (χ0v) is 11.7. The molecular weight excluding hydrogens is 254 g/mol. The van der Waals surface area contributed by atoms with Crippen LogP contribution in [0.4, 0.5) is 0 Å². The molecule has 1 fully saturated rings. The summed E-state index contributed by atoms with van der Waals surface area (Å²) < 4.78 is 28.5. The van der Waals surface area contributed by atoms with Gasteiger partial charge in [-0.05, 0) is 0 Å². The Morgan fingerprint density at radius 3 is 2.42 bits per heavy atom. The fourth-order valence-corrected chi connectivity index (χ4v) is 2.07. The van der Waals surface area contributed by atoms with Crippen molar-refractivity contribution in [3.05, 3.63) is 0 Å². The van der Waals surface area contributed by atoms with Crippen molar-refractivity contribution in [1.82, 2.24) is 5.32 Å². The largest absolute Gasteiger partial charge is 0.388 e. The van der Waals surface area contributed by atoms with Crippen molar-refractivity contribution in [3.8, 4) is 0 Å². The molecule has 0 radical (unpaired) electrons. The highest BCUT2D eigenvalue weighted by molar-refractivity contribution is 5.75. The summed E-state index contributed by atoms with van der Waals surface area (Å²) in [5.41, 5.74) is 0. The van der Waals surface area contributed by atoms with Crippen LogP contribution >= 0.6 is 0 Å². The number of rotatable bonds is 6. The molecule has 0 aromatic heterocycles. The number of carbonyl (C=O) groups excluding carboxylic acids is 1. The maximum absolute atomic E-state index is 11.4. The molecule has 0 aliphatic carbocycles. The number of methoxy groups -OCH3 is 3. The van der Waals surface area contributed by atoms with Crippen molar-refractivity contribution in [3.63, 3.8) is 0 Å². The maximum atomic E-state index is 11.4. The fourth-order valence-electron chi connectivity index (χ4n) is 2.07.